The molecule has 1 aromatic heterocycles. The van der Waals surface area contributed by atoms with Gasteiger partial charge in [0.25, 0.3) is 5.91 Å². The van der Waals surface area contributed by atoms with Crippen molar-refractivity contribution in [3.8, 4) is 0 Å². The minimum Gasteiger partial charge on any atom is -0.381 e. The summed E-state index contributed by atoms with van der Waals surface area (Å²) in [5.41, 5.74) is 1.87. The number of hydrogen-bond donors (Lipinski definition) is 2. The van der Waals surface area contributed by atoms with Crippen LogP contribution in [0.15, 0.2) is 47.2 Å². The Kier molecular flexibility index (Phi) is 5.66. The summed E-state index contributed by atoms with van der Waals surface area (Å²) in [6.45, 7) is 4.24. The van der Waals surface area contributed by atoms with Crippen LogP contribution in [0.25, 0.3) is 0 Å². The number of nitrogens with one attached hydrogen (secondary N) is 2. The number of thiophene rings is 1. The van der Waals surface area contributed by atoms with Gasteiger partial charge in [-0.15, -0.1) is 0 Å². The van der Waals surface area contributed by atoms with E-state index in [0.29, 0.717) is 6.54 Å². The van der Waals surface area contributed by atoms with E-state index in [-0.39, 0.29) is 17.5 Å². The van der Waals surface area contributed by atoms with E-state index in [0.717, 1.165) is 31.6 Å². The summed E-state index contributed by atoms with van der Waals surface area (Å²) in [6.07, 6.45) is 1.79. The van der Waals surface area contributed by atoms with Crippen molar-refractivity contribution in [3.05, 3.63) is 58.3 Å². The zero-order chi connectivity index (χ0) is 16.8. The summed E-state index contributed by atoms with van der Waals surface area (Å²) in [4.78, 5) is 12.3. The highest BCUT2D eigenvalue weighted by Crippen LogP contribution is 2.25. The maximum atomic E-state index is 12.3. The first-order valence-electron chi connectivity index (χ1n) is 8.39. The van der Waals surface area contributed by atoms with E-state index in [9.17, 15) is 4.79 Å². The Hall–Kier alpha value is -1.69. The molecule has 1 aliphatic heterocycles. The quantitative estimate of drug-likeness (QED) is 0.845. The third-order valence-electron chi connectivity index (χ3n) is 4.64. The molecule has 1 saturated heterocycles. The molecule has 1 unspecified atom stereocenters. The molecule has 1 amide bonds. The number of rotatable bonds is 6. The van der Waals surface area contributed by atoms with Crippen molar-refractivity contribution in [2.45, 2.75) is 31.3 Å². The van der Waals surface area contributed by atoms with E-state index in [1.165, 1.54) is 16.9 Å². The second-order valence-corrected chi connectivity index (χ2v) is 7.14. The van der Waals surface area contributed by atoms with Gasteiger partial charge in [-0.1, -0.05) is 30.3 Å². The number of ether oxygens (including phenoxy) is 1. The molecule has 0 radical (unpaired) electrons. The molecule has 2 aromatic rings. The smallest absolute Gasteiger partial charge is 0.252 e. The van der Waals surface area contributed by atoms with Gasteiger partial charge in [0, 0.05) is 42.3 Å². The van der Waals surface area contributed by atoms with Crippen molar-refractivity contribution in [3.63, 3.8) is 0 Å². The van der Waals surface area contributed by atoms with Crippen LogP contribution in [-0.4, -0.2) is 31.2 Å². The Labute approximate surface area is 147 Å². The van der Waals surface area contributed by atoms with Gasteiger partial charge in [-0.25, -0.2) is 0 Å². The summed E-state index contributed by atoms with van der Waals surface area (Å²) in [6, 6.07) is 12.5. The average molecular weight is 344 g/mol. The topological polar surface area (TPSA) is 50.4 Å². The van der Waals surface area contributed by atoms with E-state index < -0.39 is 0 Å². The lowest BCUT2D eigenvalue weighted by Crippen LogP contribution is -2.57. The number of carbonyl (C=O) groups is 1. The molecule has 0 saturated carbocycles. The Morgan fingerprint density at radius 1 is 1.25 bits per heavy atom. The lowest BCUT2D eigenvalue weighted by Gasteiger charge is -2.40. The normalized spacial score (nSPS) is 18.0. The second-order valence-electron chi connectivity index (χ2n) is 6.36. The molecule has 5 heteroatoms. The van der Waals surface area contributed by atoms with Crippen molar-refractivity contribution in [2.24, 2.45) is 0 Å². The van der Waals surface area contributed by atoms with Gasteiger partial charge in [0.1, 0.15) is 0 Å². The van der Waals surface area contributed by atoms with Crippen molar-refractivity contribution < 1.29 is 9.53 Å². The molecule has 2 N–H and O–H groups in total. The van der Waals surface area contributed by atoms with Crippen LogP contribution in [0.5, 0.6) is 0 Å². The van der Waals surface area contributed by atoms with Crippen LogP contribution in [0.1, 0.15) is 41.7 Å². The summed E-state index contributed by atoms with van der Waals surface area (Å²) in [5.74, 6) is -0.00344. The number of benzene rings is 1. The van der Waals surface area contributed by atoms with Crippen molar-refractivity contribution in [1.82, 2.24) is 10.6 Å². The lowest BCUT2D eigenvalue weighted by molar-refractivity contribution is 0.0332. The predicted molar refractivity (Wildman–Crippen MR) is 97.4 cm³/mol. The molecule has 2 heterocycles. The molecule has 24 heavy (non-hydrogen) atoms. The zero-order valence-electron chi connectivity index (χ0n) is 14.0. The monoisotopic (exact) mass is 344 g/mol. The summed E-state index contributed by atoms with van der Waals surface area (Å²) in [5, 5.41) is 10.7. The minimum absolute atomic E-state index is 0.00344. The van der Waals surface area contributed by atoms with E-state index in [1.54, 1.807) is 0 Å². The van der Waals surface area contributed by atoms with E-state index in [2.05, 4.69) is 41.8 Å². The van der Waals surface area contributed by atoms with Crippen LogP contribution in [0.2, 0.25) is 0 Å². The van der Waals surface area contributed by atoms with Crippen molar-refractivity contribution in [1.29, 1.82) is 0 Å². The number of carbonyl (C=O) groups excluding carboxylic acids is 1. The molecule has 1 atom stereocenters. The van der Waals surface area contributed by atoms with E-state index >= 15 is 0 Å². The molecule has 4 nitrogen and oxygen atoms in total. The molecule has 1 aromatic carbocycles. The summed E-state index contributed by atoms with van der Waals surface area (Å²) >= 11 is 1.54. The Balaban J connectivity index is 1.67. The molecular weight excluding hydrogens is 320 g/mol. The predicted octanol–water partition coefficient (Wildman–Crippen LogP) is 3.38. The van der Waals surface area contributed by atoms with Crippen LogP contribution < -0.4 is 10.6 Å². The SMILES string of the molecule is CC(NC1(CNC(=O)c2ccsc2)CCOCC1)c1ccccc1. The van der Waals surface area contributed by atoms with Crippen LogP contribution in [0.3, 0.4) is 0 Å². The first kappa shape index (κ1) is 17.1. The lowest BCUT2D eigenvalue weighted by atomic mass is 9.88. The first-order chi connectivity index (χ1) is 11.7. The van der Waals surface area contributed by atoms with Gasteiger partial charge in [-0.2, -0.15) is 11.3 Å². The van der Waals surface area contributed by atoms with Gasteiger partial charge in [0.05, 0.1) is 0 Å². The highest BCUT2D eigenvalue weighted by molar-refractivity contribution is 7.08. The van der Waals surface area contributed by atoms with E-state index in [1.807, 2.05) is 22.9 Å². The molecule has 1 aliphatic rings. The van der Waals surface area contributed by atoms with Gasteiger partial charge < -0.3 is 15.4 Å². The number of hydrogen-bond acceptors (Lipinski definition) is 4. The first-order valence-corrected chi connectivity index (χ1v) is 9.34. The van der Waals surface area contributed by atoms with Crippen LogP contribution in [-0.2, 0) is 4.74 Å². The molecular formula is C19H24N2O2S. The minimum atomic E-state index is -0.126. The fourth-order valence-electron chi connectivity index (χ4n) is 3.16. The van der Waals surface area contributed by atoms with Crippen LogP contribution in [0, 0.1) is 0 Å². The van der Waals surface area contributed by atoms with Gasteiger partial charge in [-0.05, 0) is 36.8 Å². The number of amides is 1. The molecule has 0 spiro atoms. The molecule has 0 bridgehead atoms. The molecule has 3 rings (SSSR count). The Morgan fingerprint density at radius 3 is 2.67 bits per heavy atom. The van der Waals surface area contributed by atoms with Gasteiger partial charge in [0.15, 0.2) is 0 Å². The van der Waals surface area contributed by atoms with Crippen LogP contribution in [0.4, 0.5) is 0 Å². The summed E-state index contributed by atoms with van der Waals surface area (Å²) < 4.78 is 5.54. The highest BCUT2D eigenvalue weighted by Gasteiger charge is 2.34. The zero-order valence-corrected chi connectivity index (χ0v) is 14.8. The largest absolute Gasteiger partial charge is 0.381 e. The Bertz CT molecular complexity index is 637. The fourth-order valence-corrected chi connectivity index (χ4v) is 3.80. The average Bonchev–Trinajstić information content (AvgIpc) is 3.16. The molecule has 0 aliphatic carbocycles. The molecule has 1 fully saturated rings. The van der Waals surface area contributed by atoms with Crippen LogP contribution >= 0.6 is 11.3 Å². The standard InChI is InChI=1S/C19H24N2O2S/c1-15(16-5-3-2-4-6-16)21-19(8-10-23-11-9-19)14-20-18(22)17-7-12-24-13-17/h2-7,12-13,15,21H,8-11,14H2,1H3,(H,20,22). The van der Waals surface area contributed by atoms with Crippen molar-refractivity contribution >= 4 is 17.2 Å². The maximum Gasteiger partial charge on any atom is 0.252 e. The maximum absolute atomic E-state index is 12.3. The third kappa shape index (κ3) is 4.23. The van der Waals surface area contributed by atoms with E-state index in [4.69, 9.17) is 4.74 Å². The second kappa shape index (κ2) is 7.92. The Morgan fingerprint density at radius 2 is 2.00 bits per heavy atom. The van der Waals surface area contributed by atoms with Gasteiger partial charge in [-0.3, -0.25) is 4.79 Å². The highest BCUT2D eigenvalue weighted by atomic mass is 32.1. The summed E-state index contributed by atoms with van der Waals surface area (Å²) in [7, 11) is 0. The van der Waals surface area contributed by atoms with Gasteiger partial charge >= 0.3 is 0 Å². The third-order valence-corrected chi connectivity index (χ3v) is 5.33. The fraction of sp³-hybridized carbons (Fsp3) is 0.421. The van der Waals surface area contributed by atoms with Gasteiger partial charge in [0.2, 0.25) is 0 Å². The van der Waals surface area contributed by atoms with Crippen molar-refractivity contribution in [2.75, 3.05) is 19.8 Å². The molecule has 128 valence electrons.